The molecule has 1 aliphatic carbocycles. The standard InChI is InChI=1S/C15H19N3O3.ClH/c1-19-11-7-5-6-10(12(11)20-2)13-17-14(18-21-13)15(16)8-3-4-9-15;/h5-7H,3-4,8-9,16H2,1-2H3;1H. The second kappa shape index (κ2) is 6.54. The molecule has 0 bridgehead atoms. The molecule has 0 unspecified atom stereocenters. The molecule has 1 aliphatic rings. The molecular weight excluding hydrogens is 306 g/mol. The van der Waals surface area contributed by atoms with Crippen LogP contribution < -0.4 is 15.2 Å². The minimum Gasteiger partial charge on any atom is -0.493 e. The lowest BCUT2D eigenvalue weighted by Crippen LogP contribution is -2.34. The number of hydrogen-bond acceptors (Lipinski definition) is 6. The van der Waals surface area contributed by atoms with E-state index in [0.29, 0.717) is 28.8 Å². The summed E-state index contributed by atoms with van der Waals surface area (Å²) in [5.74, 6) is 2.17. The summed E-state index contributed by atoms with van der Waals surface area (Å²) in [6.45, 7) is 0. The number of benzene rings is 1. The zero-order valence-electron chi connectivity index (χ0n) is 12.7. The van der Waals surface area contributed by atoms with Gasteiger partial charge in [-0.1, -0.05) is 24.1 Å². The molecule has 0 atom stereocenters. The van der Waals surface area contributed by atoms with Crippen LogP contribution in [0.5, 0.6) is 11.5 Å². The largest absolute Gasteiger partial charge is 0.493 e. The molecule has 22 heavy (non-hydrogen) atoms. The molecule has 0 aliphatic heterocycles. The molecule has 0 spiro atoms. The summed E-state index contributed by atoms with van der Waals surface area (Å²) >= 11 is 0. The molecule has 120 valence electrons. The first kappa shape index (κ1) is 16.6. The molecule has 1 saturated carbocycles. The van der Waals surface area contributed by atoms with E-state index < -0.39 is 5.54 Å². The first-order valence-corrected chi connectivity index (χ1v) is 7.02. The Bertz CT molecular complexity index is 639. The molecule has 0 radical (unpaired) electrons. The molecule has 6 nitrogen and oxygen atoms in total. The van der Waals surface area contributed by atoms with Gasteiger partial charge in [0.05, 0.1) is 25.3 Å². The highest BCUT2D eigenvalue weighted by molar-refractivity contribution is 5.85. The van der Waals surface area contributed by atoms with E-state index in [-0.39, 0.29) is 12.4 Å². The van der Waals surface area contributed by atoms with Crippen molar-refractivity contribution in [3.8, 4) is 23.0 Å². The van der Waals surface area contributed by atoms with Gasteiger partial charge in [0.1, 0.15) is 0 Å². The van der Waals surface area contributed by atoms with Gasteiger partial charge in [0.2, 0.25) is 0 Å². The molecule has 1 fully saturated rings. The number of rotatable bonds is 4. The maximum Gasteiger partial charge on any atom is 0.261 e. The Morgan fingerprint density at radius 2 is 1.91 bits per heavy atom. The molecule has 0 saturated heterocycles. The Hall–Kier alpha value is -1.79. The van der Waals surface area contributed by atoms with Crippen LogP contribution in [0.1, 0.15) is 31.5 Å². The van der Waals surface area contributed by atoms with Gasteiger partial charge in [-0.25, -0.2) is 0 Å². The summed E-state index contributed by atoms with van der Waals surface area (Å²) < 4.78 is 16.1. The zero-order valence-corrected chi connectivity index (χ0v) is 13.5. The Balaban J connectivity index is 0.00000176. The predicted octanol–water partition coefficient (Wildman–Crippen LogP) is 2.90. The maximum atomic E-state index is 6.36. The quantitative estimate of drug-likeness (QED) is 0.930. The summed E-state index contributed by atoms with van der Waals surface area (Å²) in [7, 11) is 3.17. The molecule has 7 heteroatoms. The topological polar surface area (TPSA) is 83.4 Å². The van der Waals surface area contributed by atoms with E-state index in [1.807, 2.05) is 18.2 Å². The monoisotopic (exact) mass is 325 g/mol. The first-order valence-electron chi connectivity index (χ1n) is 7.02. The van der Waals surface area contributed by atoms with Crippen LogP contribution in [0, 0.1) is 0 Å². The van der Waals surface area contributed by atoms with Crippen molar-refractivity contribution in [1.82, 2.24) is 10.1 Å². The van der Waals surface area contributed by atoms with Gasteiger partial charge in [-0.2, -0.15) is 4.98 Å². The molecule has 1 aromatic heterocycles. The average molecular weight is 326 g/mol. The lowest BCUT2D eigenvalue weighted by molar-refractivity contribution is 0.351. The number of nitrogens with two attached hydrogens (primary N) is 1. The number of nitrogens with zero attached hydrogens (tertiary/aromatic N) is 2. The van der Waals surface area contributed by atoms with E-state index in [9.17, 15) is 0 Å². The summed E-state index contributed by atoms with van der Waals surface area (Å²) in [6, 6.07) is 5.53. The third-order valence-electron chi connectivity index (χ3n) is 4.00. The van der Waals surface area contributed by atoms with Crippen molar-refractivity contribution in [3.05, 3.63) is 24.0 Å². The van der Waals surface area contributed by atoms with E-state index >= 15 is 0 Å². The van der Waals surface area contributed by atoms with E-state index in [4.69, 9.17) is 19.7 Å². The molecule has 2 N–H and O–H groups in total. The fourth-order valence-corrected chi connectivity index (χ4v) is 2.82. The van der Waals surface area contributed by atoms with Gasteiger partial charge in [-0.05, 0) is 25.0 Å². The third-order valence-corrected chi connectivity index (χ3v) is 4.00. The SMILES string of the molecule is COc1cccc(-c2nc(C3(N)CCCC3)no2)c1OC.Cl. The predicted molar refractivity (Wildman–Crippen MR) is 84.4 cm³/mol. The lowest BCUT2D eigenvalue weighted by atomic mass is 9.98. The minimum absolute atomic E-state index is 0. The normalized spacial score (nSPS) is 16.1. The number of halogens is 1. The van der Waals surface area contributed by atoms with Crippen LogP contribution >= 0.6 is 12.4 Å². The highest BCUT2D eigenvalue weighted by Gasteiger charge is 2.36. The van der Waals surface area contributed by atoms with Crippen molar-refractivity contribution in [2.75, 3.05) is 14.2 Å². The number of ether oxygens (including phenoxy) is 2. The zero-order chi connectivity index (χ0) is 14.9. The van der Waals surface area contributed by atoms with Crippen LogP contribution in [-0.2, 0) is 5.54 Å². The number of hydrogen-bond donors (Lipinski definition) is 1. The number of para-hydroxylation sites is 1. The molecule has 1 aromatic carbocycles. The van der Waals surface area contributed by atoms with Crippen LogP contribution in [0.25, 0.3) is 11.5 Å². The van der Waals surface area contributed by atoms with Gasteiger partial charge in [0.25, 0.3) is 5.89 Å². The van der Waals surface area contributed by atoms with Crippen LogP contribution in [0.3, 0.4) is 0 Å². The van der Waals surface area contributed by atoms with Crippen molar-refractivity contribution >= 4 is 12.4 Å². The third kappa shape index (κ3) is 2.76. The second-order valence-corrected chi connectivity index (χ2v) is 5.33. The fraction of sp³-hybridized carbons (Fsp3) is 0.467. The number of aromatic nitrogens is 2. The van der Waals surface area contributed by atoms with E-state index in [1.165, 1.54) is 0 Å². The molecule has 1 heterocycles. The Morgan fingerprint density at radius 1 is 1.18 bits per heavy atom. The van der Waals surface area contributed by atoms with Crippen LogP contribution in [-0.4, -0.2) is 24.4 Å². The molecule has 0 amide bonds. The summed E-state index contributed by atoms with van der Waals surface area (Å²) in [4.78, 5) is 4.48. The summed E-state index contributed by atoms with van der Waals surface area (Å²) in [5.41, 5.74) is 6.60. The van der Waals surface area contributed by atoms with Crippen LogP contribution in [0.4, 0.5) is 0 Å². The maximum absolute atomic E-state index is 6.36. The Kier molecular flexibility index (Phi) is 4.93. The van der Waals surface area contributed by atoms with Gasteiger partial charge >= 0.3 is 0 Å². The highest BCUT2D eigenvalue weighted by atomic mass is 35.5. The smallest absolute Gasteiger partial charge is 0.261 e. The minimum atomic E-state index is -0.464. The Labute approximate surface area is 135 Å². The van der Waals surface area contributed by atoms with Crippen molar-refractivity contribution in [2.45, 2.75) is 31.2 Å². The van der Waals surface area contributed by atoms with Gasteiger partial charge < -0.3 is 19.7 Å². The highest BCUT2D eigenvalue weighted by Crippen LogP contribution is 2.39. The molecule has 3 rings (SSSR count). The van der Waals surface area contributed by atoms with Crippen molar-refractivity contribution in [3.63, 3.8) is 0 Å². The van der Waals surface area contributed by atoms with Gasteiger partial charge in [0, 0.05) is 0 Å². The molecule has 2 aromatic rings. The van der Waals surface area contributed by atoms with Crippen LogP contribution in [0.15, 0.2) is 22.7 Å². The van der Waals surface area contributed by atoms with E-state index in [0.717, 1.165) is 25.7 Å². The lowest BCUT2D eigenvalue weighted by Gasteiger charge is -2.17. The van der Waals surface area contributed by atoms with Crippen molar-refractivity contribution < 1.29 is 14.0 Å². The van der Waals surface area contributed by atoms with Crippen LogP contribution in [0.2, 0.25) is 0 Å². The summed E-state index contributed by atoms with van der Waals surface area (Å²) in [5, 5.41) is 4.07. The van der Waals surface area contributed by atoms with Gasteiger partial charge in [-0.3, -0.25) is 0 Å². The van der Waals surface area contributed by atoms with Gasteiger partial charge in [0.15, 0.2) is 17.3 Å². The van der Waals surface area contributed by atoms with E-state index in [1.54, 1.807) is 14.2 Å². The molecular formula is C15H20ClN3O3. The van der Waals surface area contributed by atoms with Crippen molar-refractivity contribution in [2.24, 2.45) is 5.73 Å². The Morgan fingerprint density at radius 3 is 2.55 bits per heavy atom. The fourth-order valence-electron chi connectivity index (χ4n) is 2.82. The second-order valence-electron chi connectivity index (χ2n) is 5.33. The average Bonchev–Trinajstić information content (AvgIpc) is 3.16. The van der Waals surface area contributed by atoms with Crippen molar-refractivity contribution in [1.29, 1.82) is 0 Å². The van der Waals surface area contributed by atoms with E-state index in [2.05, 4.69) is 10.1 Å². The van der Waals surface area contributed by atoms with Gasteiger partial charge in [-0.15, -0.1) is 12.4 Å². The number of methoxy groups -OCH3 is 2. The summed E-state index contributed by atoms with van der Waals surface area (Å²) in [6.07, 6.45) is 3.98. The first-order chi connectivity index (χ1) is 10.2.